The number of nitro benzene ring substituents is 1. The second kappa shape index (κ2) is 8.93. The van der Waals surface area contributed by atoms with Crippen molar-refractivity contribution < 1.29 is 14.5 Å². The number of nitrogens with zero attached hydrogens (tertiary/aromatic N) is 2. The Kier molecular flexibility index (Phi) is 6.64. The highest BCUT2D eigenvalue weighted by molar-refractivity contribution is 9.10. The maximum Gasteiger partial charge on any atom is 0.271 e. The summed E-state index contributed by atoms with van der Waals surface area (Å²) in [5.74, 6) is 0.341. The molecule has 1 N–H and O–H groups in total. The molecule has 0 aromatic heterocycles. The van der Waals surface area contributed by atoms with Crippen LogP contribution in [-0.2, 0) is 0 Å². The summed E-state index contributed by atoms with van der Waals surface area (Å²) in [4.78, 5) is 22.2. The van der Waals surface area contributed by atoms with Crippen molar-refractivity contribution in [2.75, 3.05) is 6.61 Å². The van der Waals surface area contributed by atoms with Crippen molar-refractivity contribution in [1.82, 2.24) is 5.43 Å². The molecule has 0 radical (unpaired) electrons. The van der Waals surface area contributed by atoms with Gasteiger partial charge in [0.15, 0.2) is 0 Å². The Labute approximate surface area is 153 Å². The van der Waals surface area contributed by atoms with Gasteiger partial charge >= 0.3 is 0 Å². The zero-order chi connectivity index (χ0) is 18.2. The molecule has 25 heavy (non-hydrogen) atoms. The standard InChI is InChI=1S/C17H16BrN3O4/c1-2-9-25-15-7-4-12(5-8-15)17(22)20-19-11-13-3-6-14(21(23)24)10-16(13)18/h3-8,10-11H,2,9H2,1H3,(H,20,22)/b19-11+. The fourth-order valence-corrected chi connectivity index (χ4v) is 2.35. The highest BCUT2D eigenvalue weighted by atomic mass is 79.9. The molecule has 130 valence electrons. The molecule has 0 fully saturated rings. The van der Waals surface area contributed by atoms with E-state index in [4.69, 9.17) is 4.74 Å². The molecule has 2 aromatic rings. The number of hydrogen-bond acceptors (Lipinski definition) is 5. The predicted molar refractivity (Wildman–Crippen MR) is 98.1 cm³/mol. The van der Waals surface area contributed by atoms with Crippen LogP contribution in [0.2, 0.25) is 0 Å². The van der Waals surface area contributed by atoms with Crippen LogP contribution in [0.4, 0.5) is 5.69 Å². The fraction of sp³-hybridized carbons (Fsp3) is 0.176. The van der Waals surface area contributed by atoms with E-state index < -0.39 is 4.92 Å². The maximum atomic E-state index is 12.0. The minimum atomic E-state index is -0.485. The quantitative estimate of drug-likeness (QED) is 0.429. The van der Waals surface area contributed by atoms with Crippen molar-refractivity contribution in [1.29, 1.82) is 0 Å². The monoisotopic (exact) mass is 405 g/mol. The Balaban J connectivity index is 1.97. The molecule has 0 saturated carbocycles. The number of benzene rings is 2. The van der Waals surface area contributed by atoms with E-state index in [0.717, 1.165) is 6.42 Å². The number of halogens is 1. The third-order valence-corrected chi connectivity index (χ3v) is 3.84. The van der Waals surface area contributed by atoms with Crippen LogP contribution in [-0.4, -0.2) is 23.7 Å². The van der Waals surface area contributed by atoms with Gasteiger partial charge in [0.2, 0.25) is 0 Å². The lowest BCUT2D eigenvalue weighted by Gasteiger charge is -2.05. The summed E-state index contributed by atoms with van der Waals surface area (Å²) in [6, 6.07) is 11.0. The minimum Gasteiger partial charge on any atom is -0.494 e. The van der Waals surface area contributed by atoms with Crippen molar-refractivity contribution in [3.63, 3.8) is 0 Å². The minimum absolute atomic E-state index is 0.0292. The molecule has 0 aliphatic rings. The number of carbonyl (C=O) groups excluding carboxylic acids is 1. The van der Waals surface area contributed by atoms with Crippen LogP contribution in [0.3, 0.4) is 0 Å². The van der Waals surface area contributed by atoms with Crippen LogP contribution in [0.5, 0.6) is 5.75 Å². The first kappa shape index (κ1) is 18.6. The molecule has 1 amide bonds. The summed E-state index contributed by atoms with van der Waals surface area (Å²) in [6.07, 6.45) is 2.32. The average Bonchev–Trinajstić information content (AvgIpc) is 2.61. The first-order valence-electron chi connectivity index (χ1n) is 7.51. The lowest BCUT2D eigenvalue weighted by Crippen LogP contribution is -2.17. The molecular weight excluding hydrogens is 390 g/mol. The molecule has 0 unspecified atom stereocenters. The SMILES string of the molecule is CCCOc1ccc(C(=O)N/N=C/c2ccc([N+](=O)[O-])cc2Br)cc1. The number of carbonyl (C=O) groups is 1. The molecule has 0 atom stereocenters. The van der Waals surface area contributed by atoms with Crippen LogP contribution >= 0.6 is 15.9 Å². The topological polar surface area (TPSA) is 93.8 Å². The third-order valence-electron chi connectivity index (χ3n) is 3.15. The zero-order valence-electron chi connectivity index (χ0n) is 13.4. The van der Waals surface area contributed by atoms with E-state index in [1.165, 1.54) is 24.4 Å². The van der Waals surface area contributed by atoms with Gasteiger partial charge < -0.3 is 4.74 Å². The van der Waals surface area contributed by atoms with Gasteiger partial charge in [0.05, 0.1) is 17.7 Å². The summed E-state index contributed by atoms with van der Waals surface area (Å²) in [5, 5.41) is 14.6. The summed E-state index contributed by atoms with van der Waals surface area (Å²) in [6.45, 7) is 2.64. The van der Waals surface area contributed by atoms with Crippen molar-refractivity contribution in [3.05, 3.63) is 68.2 Å². The second-order valence-electron chi connectivity index (χ2n) is 5.03. The Morgan fingerprint density at radius 1 is 1.32 bits per heavy atom. The number of rotatable bonds is 7. The van der Waals surface area contributed by atoms with Crippen molar-refractivity contribution in [3.8, 4) is 5.75 Å². The van der Waals surface area contributed by atoms with Gasteiger partial charge in [-0.15, -0.1) is 0 Å². The number of hydrazone groups is 1. The molecule has 0 aliphatic heterocycles. The van der Waals surface area contributed by atoms with Crippen LogP contribution in [0.25, 0.3) is 0 Å². The van der Waals surface area contributed by atoms with Crippen molar-refractivity contribution >= 4 is 33.7 Å². The van der Waals surface area contributed by atoms with E-state index >= 15 is 0 Å². The highest BCUT2D eigenvalue weighted by Gasteiger charge is 2.08. The normalized spacial score (nSPS) is 10.6. The largest absolute Gasteiger partial charge is 0.494 e. The number of amides is 1. The maximum absolute atomic E-state index is 12.0. The molecule has 2 rings (SSSR count). The first-order chi connectivity index (χ1) is 12.0. The summed E-state index contributed by atoms with van der Waals surface area (Å²) in [7, 11) is 0. The molecule has 0 heterocycles. The number of non-ortho nitro benzene ring substituents is 1. The molecule has 0 spiro atoms. The van der Waals surface area contributed by atoms with E-state index in [1.54, 1.807) is 24.3 Å². The molecule has 0 saturated heterocycles. The number of nitrogens with one attached hydrogen (secondary N) is 1. The Morgan fingerprint density at radius 3 is 2.64 bits per heavy atom. The Hall–Kier alpha value is -2.74. The van der Waals surface area contributed by atoms with Crippen molar-refractivity contribution in [2.45, 2.75) is 13.3 Å². The van der Waals surface area contributed by atoms with Crippen molar-refractivity contribution in [2.24, 2.45) is 5.10 Å². The molecular formula is C17H16BrN3O4. The van der Waals surface area contributed by atoms with Gasteiger partial charge in [-0.25, -0.2) is 5.43 Å². The Bertz CT molecular complexity index is 791. The Morgan fingerprint density at radius 2 is 2.04 bits per heavy atom. The van der Waals surface area contributed by atoms with Gasteiger partial charge in [0, 0.05) is 27.7 Å². The molecule has 8 heteroatoms. The molecule has 2 aromatic carbocycles. The lowest BCUT2D eigenvalue weighted by molar-refractivity contribution is -0.384. The smallest absolute Gasteiger partial charge is 0.271 e. The van der Waals surface area contributed by atoms with Gasteiger partial charge in [0.1, 0.15) is 5.75 Å². The van der Waals surface area contributed by atoms with Gasteiger partial charge in [-0.3, -0.25) is 14.9 Å². The van der Waals surface area contributed by atoms with E-state index in [-0.39, 0.29) is 11.6 Å². The van der Waals surface area contributed by atoms with Gasteiger partial charge in [0.25, 0.3) is 11.6 Å². The van der Waals surface area contributed by atoms with Gasteiger partial charge in [-0.1, -0.05) is 6.92 Å². The second-order valence-corrected chi connectivity index (χ2v) is 5.89. The van der Waals surface area contributed by atoms with E-state index in [1.807, 2.05) is 6.92 Å². The summed E-state index contributed by atoms with van der Waals surface area (Å²) >= 11 is 3.23. The number of ether oxygens (including phenoxy) is 1. The van der Waals surface area contributed by atoms with Crippen LogP contribution in [0.15, 0.2) is 52.0 Å². The number of nitro groups is 1. The molecule has 7 nitrogen and oxygen atoms in total. The third kappa shape index (κ3) is 5.39. The van der Waals surface area contributed by atoms with E-state index in [0.29, 0.717) is 28.0 Å². The summed E-state index contributed by atoms with van der Waals surface area (Å²) in [5.41, 5.74) is 3.43. The fourth-order valence-electron chi connectivity index (χ4n) is 1.88. The average molecular weight is 406 g/mol. The first-order valence-corrected chi connectivity index (χ1v) is 8.30. The summed E-state index contributed by atoms with van der Waals surface area (Å²) < 4.78 is 5.97. The zero-order valence-corrected chi connectivity index (χ0v) is 15.0. The van der Waals surface area contributed by atoms with E-state index in [2.05, 4.69) is 26.5 Å². The van der Waals surface area contributed by atoms with Gasteiger partial charge in [-0.05, 0) is 52.7 Å². The van der Waals surface area contributed by atoms with Gasteiger partial charge in [-0.2, -0.15) is 5.10 Å². The van der Waals surface area contributed by atoms with Crippen LogP contribution in [0.1, 0.15) is 29.3 Å². The molecule has 0 aliphatic carbocycles. The predicted octanol–water partition coefficient (Wildman–Crippen LogP) is 3.91. The molecule has 0 bridgehead atoms. The van der Waals surface area contributed by atoms with E-state index in [9.17, 15) is 14.9 Å². The lowest BCUT2D eigenvalue weighted by atomic mass is 10.2. The van der Waals surface area contributed by atoms with Crippen LogP contribution < -0.4 is 10.2 Å². The van der Waals surface area contributed by atoms with Crippen LogP contribution in [0, 0.1) is 10.1 Å². The number of hydrogen-bond donors (Lipinski definition) is 1. The highest BCUT2D eigenvalue weighted by Crippen LogP contribution is 2.21.